The molecule has 6 heteroatoms. The maximum absolute atomic E-state index is 10.9. The normalized spacial score (nSPS) is 9.56. The van der Waals surface area contributed by atoms with Crippen LogP contribution in [0.2, 0.25) is 0 Å². The second kappa shape index (κ2) is 4.51. The zero-order valence-corrected chi connectivity index (χ0v) is 9.08. The Kier molecular flexibility index (Phi) is 2.89. The zero-order chi connectivity index (χ0) is 13.1. The van der Waals surface area contributed by atoms with Crippen LogP contribution in [0.25, 0.3) is 10.9 Å². The lowest BCUT2D eigenvalue weighted by Gasteiger charge is -2.00. The number of hydrogen-bond acceptors (Lipinski definition) is 4. The number of nitro benzene ring substituents is 1. The van der Waals surface area contributed by atoms with Crippen molar-refractivity contribution in [3.8, 4) is 11.8 Å². The van der Waals surface area contributed by atoms with E-state index in [1.807, 2.05) is 0 Å². The van der Waals surface area contributed by atoms with E-state index in [-0.39, 0.29) is 5.69 Å². The smallest absolute Gasteiger partial charge is 0.293 e. The van der Waals surface area contributed by atoms with Crippen LogP contribution in [0.3, 0.4) is 0 Å². The molecular formula is C12H7N3O3. The quantitative estimate of drug-likeness (QED) is 0.457. The van der Waals surface area contributed by atoms with E-state index in [9.17, 15) is 14.9 Å². The molecule has 0 aliphatic rings. The van der Waals surface area contributed by atoms with E-state index in [1.165, 1.54) is 18.3 Å². The summed E-state index contributed by atoms with van der Waals surface area (Å²) in [5.41, 5.74) is 5.67. The number of non-ortho nitro benzene ring substituents is 1. The van der Waals surface area contributed by atoms with Crippen LogP contribution in [0, 0.1) is 22.0 Å². The van der Waals surface area contributed by atoms with Crippen molar-refractivity contribution >= 4 is 22.5 Å². The Bertz CT molecular complexity index is 713. The van der Waals surface area contributed by atoms with Gasteiger partial charge in [0.15, 0.2) is 0 Å². The fourth-order valence-electron chi connectivity index (χ4n) is 1.55. The van der Waals surface area contributed by atoms with E-state index in [0.717, 1.165) is 0 Å². The topological polar surface area (TPSA) is 99.1 Å². The van der Waals surface area contributed by atoms with Crippen LogP contribution in [0.4, 0.5) is 5.69 Å². The van der Waals surface area contributed by atoms with E-state index in [1.54, 1.807) is 12.1 Å². The van der Waals surface area contributed by atoms with Crippen LogP contribution >= 0.6 is 0 Å². The SMILES string of the molecule is NC(=O)C#Cc1ccc([N+](=O)[O-])c2cccnc12. The van der Waals surface area contributed by atoms with Gasteiger partial charge in [-0.25, -0.2) is 0 Å². The number of carbonyl (C=O) groups is 1. The van der Waals surface area contributed by atoms with Crippen molar-refractivity contribution in [3.05, 3.63) is 46.1 Å². The second-order valence-corrected chi connectivity index (χ2v) is 3.40. The predicted octanol–water partition coefficient (Wildman–Crippen LogP) is 0.980. The van der Waals surface area contributed by atoms with Crippen LogP contribution in [0.1, 0.15) is 5.56 Å². The van der Waals surface area contributed by atoms with Gasteiger partial charge in [-0.3, -0.25) is 19.9 Å². The fourth-order valence-corrected chi connectivity index (χ4v) is 1.55. The minimum absolute atomic E-state index is 0.0530. The summed E-state index contributed by atoms with van der Waals surface area (Å²) in [7, 11) is 0. The maximum atomic E-state index is 10.9. The van der Waals surface area contributed by atoms with Crippen molar-refractivity contribution in [3.63, 3.8) is 0 Å². The molecule has 2 aromatic rings. The average molecular weight is 241 g/mol. The molecule has 0 bridgehead atoms. The first-order valence-electron chi connectivity index (χ1n) is 4.93. The van der Waals surface area contributed by atoms with E-state index in [2.05, 4.69) is 16.8 Å². The summed E-state index contributed by atoms with van der Waals surface area (Å²) in [6.07, 6.45) is 1.50. The highest BCUT2D eigenvalue weighted by molar-refractivity contribution is 5.96. The number of amides is 1. The molecule has 1 aromatic carbocycles. The van der Waals surface area contributed by atoms with Crippen molar-refractivity contribution in [2.24, 2.45) is 5.73 Å². The second-order valence-electron chi connectivity index (χ2n) is 3.40. The third-order valence-electron chi connectivity index (χ3n) is 2.26. The van der Waals surface area contributed by atoms with Crippen LogP contribution in [-0.4, -0.2) is 15.8 Å². The van der Waals surface area contributed by atoms with E-state index < -0.39 is 10.8 Å². The van der Waals surface area contributed by atoms with Gasteiger partial charge < -0.3 is 5.73 Å². The number of carbonyl (C=O) groups excluding carboxylic acids is 1. The Labute approximate surface area is 102 Å². The summed E-state index contributed by atoms with van der Waals surface area (Å²) in [5.74, 6) is 3.96. The Hall–Kier alpha value is -2.94. The molecule has 0 aliphatic carbocycles. The summed E-state index contributed by atoms with van der Waals surface area (Å²) in [4.78, 5) is 25.0. The van der Waals surface area contributed by atoms with Gasteiger partial charge in [0.1, 0.15) is 0 Å². The van der Waals surface area contributed by atoms with Gasteiger partial charge in [0, 0.05) is 18.2 Å². The lowest BCUT2D eigenvalue weighted by molar-refractivity contribution is -0.383. The van der Waals surface area contributed by atoms with Crippen molar-refractivity contribution in [1.29, 1.82) is 0 Å². The van der Waals surface area contributed by atoms with Gasteiger partial charge in [0.2, 0.25) is 0 Å². The number of nitrogens with two attached hydrogens (primary N) is 1. The molecule has 6 nitrogen and oxygen atoms in total. The van der Waals surface area contributed by atoms with Gasteiger partial charge in [-0.1, -0.05) is 5.92 Å². The molecule has 88 valence electrons. The Morgan fingerprint density at radius 1 is 1.39 bits per heavy atom. The number of benzene rings is 1. The summed E-state index contributed by atoms with van der Waals surface area (Å²) in [5, 5.41) is 11.2. The Balaban J connectivity index is 2.73. The lowest BCUT2D eigenvalue weighted by Crippen LogP contribution is -2.06. The number of pyridine rings is 1. The number of hydrogen-bond donors (Lipinski definition) is 1. The van der Waals surface area contributed by atoms with Gasteiger partial charge in [0.25, 0.3) is 11.6 Å². The molecule has 0 radical (unpaired) electrons. The lowest BCUT2D eigenvalue weighted by atomic mass is 10.1. The molecule has 0 spiro atoms. The molecule has 18 heavy (non-hydrogen) atoms. The van der Waals surface area contributed by atoms with Crippen molar-refractivity contribution in [2.75, 3.05) is 0 Å². The minimum Gasteiger partial charge on any atom is -0.359 e. The maximum Gasteiger partial charge on any atom is 0.293 e. The van der Waals surface area contributed by atoms with Gasteiger partial charge in [-0.2, -0.15) is 0 Å². The summed E-state index contributed by atoms with van der Waals surface area (Å²) < 4.78 is 0. The molecule has 0 aliphatic heterocycles. The molecule has 1 amide bonds. The van der Waals surface area contributed by atoms with Crippen LogP contribution in [-0.2, 0) is 4.79 Å². The first-order chi connectivity index (χ1) is 8.59. The molecule has 0 saturated heterocycles. The molecule has 0 fully saturated rings. The van der Waals surface area contributed by atoms with Crippen LogP contribution in [0.15, 0.2) is 30.5 Å². The van der Waals surface area contributed by atoms with Gasteiger partial charge in [-0.05, 0) is 18.2 Å². The summed E-state index contributed by atoms with van der Waals surface area (Å²) in [6.45, 7) is 0. The van der Waals surface area contributed by atoms with E-state index >= 15 is 0 Å². The number of aromatic nitrogens is 1. The molecule has 0 saturated carbocycles. The standard InChI is InChI=1S/C12H7N3O3/c13-11(16)6-4-8-3-5-10(15(17)18)9-2-1-7-14-12(8)9/h1-3,5,7H,(H2,13,16). The summed E-state index contributed by atoms with van der Waals surface area (Å²) >= 11 is 0. The van der Waals surface area contributed by atoms with E-state index in [4.69, 9.17) is 5.73 Å². The average Bonchev–Trinajstić information content (AvgIpc) is 2.35. The van der Waals surface area contributed by atoms with Crippen molar-refractivity contribution in [2.45, 2.75) is 0 Å². The molecule has 1 heterocycles. The van der Waals surface area contributed by atoms with Gasteiger partial charge in [-0.15, -0.1) is 0 Å². The Morgan fingerprint density at radius 2 is 2.17 bits per heavy atom. The molecule has 2 rings (SSSR count). The first-order valence-corrected chi connectivity index (χ1v) is 4.93. The molecule has 0 atom stereocenters. The minimum atomic E-state index is -0.766. The molecule has 2 N–H and O–H groups in total. The molecule has 1 aromatic heterocycles. The highest BCUT2D eigenvalue weighted by Gasteiger charge is 2.13. The summed E-state index contributed by atoms with van der Waals surface area (Å²) in [6, 6.07) is 5.95. The van der Waals surface area contributed by atoms with Crippen LogP contribution < -0.4 is 5.73 Å². The number of primary amides is 1. The number of rotatable bonds is 1. The van der Waals surface area contributed by atoms with E-state index in [0.29, 0.717) is 16.5 Å². The predicted molar refractivity (Wildman–Crippen MR) is 64.5 cm³/mol. The number of nitro groups is 1. The van der Waals surface area contributed by atoms with Crippen LogP contribution in [0.5, 0.6) is 0 Å². The number of fused-ring (bicyclic) bond motifs is 1. The Morgan fingerprint density at radius 3 is 2.83 bits per heavy atom. The monoisotopic (exact) mass is 241 g/mol. The fraction of sp³-hybridized carbons (Fsp3) is 0. The number of nitrogens with zero attached hydrogens (tertiary/aromatic N) is 2. The first kappa shape index (κ1) is 11.5. The third-order valence-corrected chi connectivity index (χ3v) is 2.26. The van der Waals surface area contributed by atoms with Gasteiger partial charge >= 0.3 is 0 Å². The molecular weight excluding hydrogens is 234 g/mol. The van der Waals surface area contributed by atoms with Crippen molar-refractivity contribution in [1.82, 2.24) is 4.98 Å². The highest BCUT2D eigenvalue weighted by Crippen LogP contribution is 2.26. The largest absolute Gasteiger partial charge is 0.359 e. The third kappa shape index (κ3) is 2.10. The van der Waals surface area contributed by atoms with Crippen molar-refractivity contribution < 1.29 is 9.72 Å². The molecule has 0 unspecified atom stereocenters. The zero-order valence-electron chi connectivity index (χ0n) is 9.08. The highest BCUT2D eigenvalue weighted by atomic mass is 16.6. The van der Waals surface area contributed by atoms with Gasteiger partial charge in [0.05, 0.1) is 21.4 Å².